The third-order valence-corrected chi connectivity index (χ3v) is 4.13. The van der Waals surface area contributed by atoms with Crippen molar-refractivity contribution in [2.75, 3.05) is 6.61 Å². The molecule has 104 valence electrons. The summed E-state index contributed by atoms with van der Waals surface area (Å²) in [5.41, 5.74) is 0.643. The van der Waals surface area contributed by atoms with Gasteiger partial charge in [0, 0.05) is 0 Å². The highest BCUT2D eigenvalue weighted by Crippen LogP contribution is 2.39. The molecule has 0 heterocycles. The zero-order chi connectivity index (χ0) is 13.7. The smallest absolute Gasteiger partial charge is 0.309 e. The van der Waals surface area contributed by atoms with Crippen LogP contribution in [0.1, 0.15) is 44.1 Å². The standard InChI is InChI=1S/C16H22O3/c1-13-5-7-14(8-6-13)19-12-11-16(15(17)18)9-3-2-4-10-16/h5-8H,2-4,9-12H2,1H3,(H,17,18). The maximum Gasteiger partial charge on any atom is 0.309 e. The molecule has 0 amide bonds. The Kier molecular flexibility index (Phi) is 4.46. The fourth-order valence-electron chi connectivity index (χ4n) is 2.80. The van der Waals surface area contributed by atoms with Gasteiger partial charge in [0.15, 0.2) is 0 Å². The van der Waals surface area contributed by atoms with Crippen LogP contribution in [0.25, 0.3) is 0 Å². The average molecular weight is 262 g/mol. The summed E-state index contributed by atoms with van der Waals surface area (Å²) in [6, 6.07) is 7.87. The number of aliphatic carboxylic acids is 1. The Morgan fingerprint density at radius 2 is 1.84 bits per heavy atom. The molecule has 0 unspecified atom stereocenters. The SMILES string of the molecule is Cc1ccc(OCCC2(C(=O)O)CCCCC2)cc1. The van der Waals surface area contributed by atoms with E-state index in [1.165, 1.54) is 5.56 Å². The molecule has 1 aromatic carbocycles. The lowest BCUT2D eigenvalue weighted by Crippen LogP contribution is -2.34. The minimum absolute atomic E-state index is 0.482. The zero-order valence-corrected chi connectivity index (χ0v) is 11.5. The van der Waals surface area contributed by atoms with Crippen LogP contribution in [0.3, 0.4) is 0 Å². The van der Waals surface area contributed by atoms with Gasteiger partial charge in [0.2, 0.25) is 0 Å². The first kappa shape index (κ1) is 13.9. The van der Waals surface area contributed by atoms with E-state index < -0.39 is 11.4 Å². The van der Waals surface area contributed by atoms with E-state index in [0.29, 0.717) is 13.0 Å². The third kappa shape index (κ3) is 3.49. The minimum Gasteiger partial charge on any atom is -0.494 e. The van der Waals surface area contributed by atoms with Gasteiger partial charge in [-0.15, -0.1) is 0 Å². The van der Waals surface area contributed by atoms with E-state index in [4.69, 9.17) is 4.74 Å². The van der Waals surface area contributed by atoms with Crippen molar-refractivity contribution < 1.29 is 14.6 Å². The van der Waals surface area contributed by atoms with E-state index >= 15 is 0 Å². The van der Waals surface area contributed by atoms with Gasteiger partial charge in [0.1, 0.15) is 5.75 Å². The predicted octanol–water partition coefficient (Wildman–Crippen LogP) is 3.80. The topological polar surface area (TPSA) is 46.5 Å². The molecule has 1 aromatic rings. The summed E-state index contributed by atoms with van der Waals surface area (Å²) in [6.07, 6.45) is 5.40. The van der Waals surface area contributed by atoms with Gasteiger partial charge >= 0.3 is 5.97 Å². The second kappa shape index (κ2) is 6.09. The number of rotatable bonds is 5. The summed E-state index contributed by atoms with van der Waals surface area (Å²) in [5.74, 6) is 0.168. The molecule has 1 aliphatic rings. The first-order chi connectivity index (χ1) is 9.12. The van der Waals surface area contributed by atoms with Crippen LogP contribution in [-0.2, 0) is 4.79 Å². The summed E-state index contributed by atoms with van der Waals surface area (Å²) in [5, 5.41) is 9.47. The van der Waals surface area contributed by atoms with Crippen molar-refractivity contribution in [2.45, 2.75) is 45.4 Å². The Morgan fingerprint density at radius 1 is 1.21 bits per heavy atom. The van der Waals surface area contributed by atoms with Crippen LogP contribution >= 0.6 is 0 Å². The van der Waals surface area contributed by atoms with Crippen LogP contribution in [0, 0.1) is 12.3 Å². The molecule has 1 N–H and O–H groups in total. The van der Waals surface area contributed by atoms with Gasteiger partial charge in [-0.25, -0.2) is 0 Å². The maximum absolute atomic E-state index is 11.5. The van der Waals surface area contributed by atoms with Crippen molar-refractivity contribution in [2.24, 2.45) is 5.41 Å². The number of aryl methyl sites for hydroxylation is 1. The lowest BCUT2D eigenvalue weighted by Gasteiger charge is -2.33. The molecule has 0 atom stereocenters. The largest absolute Gasteiger partial charge is 0.494 e. The molecule has 0 radical (unpaired) electrons. The first-order valence-electron chi connectivity index (χ1n) is 7.05. The number of ether oxygens (including phenoxy) is 1. The van der Waals surface area contributed by atoms with Gasteiger partial charge < -0.3 is 9.84 Å². The monoisotopic (exact) mass is 262 g/mol. The summed E-state index contributed by atoms with van der Waals surface area (Å²) in [6.45, 7) is 2.51. The molecule has 0 aliphatic heterocycles. The molecule has 3 heteroatoms. The fourth-order valence-corrected chi connectivity index (χ4v) is 2.80. The second-order valence-electron chi connectivity index (χ2n) is 5.56. The van der Waals surface area contributed by atoms with Gasteiger partial charge in [-0.05, 0) is 38.3 Å². The van der Waals surface area contributed by atoms with Crippen LogP contribution < -0.4 is 4.74 Å². The third-order valence-electron chi connectivity index (χ3n) is 4.13. The number of carboxylic acid groups (broad SMARTS) is 1. The van der Waals surface area contributed by atoms with E-state index in [0.717, 1.165) is 37.9 Å². The van der Waals surface area contributed by atoms with Crippen molar-refractivity contribution in [3.63, 3.8) is 0 Å². The zero-order valence-electron chi connectivity index (χ0n) is 11.5. The number of carboxylic acids is 1. The molecular weight excluding hydrogens is 240 g/mol. The summed E-state index contributed by atoms with van der Waals surface area (Å²) >= 11 is 0. The highest BCUT2D eigenvalue weighted by Gasteiger charge is 2.39. The lowest BCUT2D eigenvalue weighted by molar-refractivity contribution is -0.152. The number of benzene rings is 1. The molecule has 1 aliphatic carbocycles. The van der Waals surface area contributed by atoms with E-state index in [9.17, 15) is 9.90 Å². The number of hydrogen-bond donors (Lipinski definition) is 1. The molecule has 3 nitrogen and oxygen atoms in total. The molecule has 0 bridgehead atoms. The van der Waals surface area contributed by atoms with Gasteiger partial charge in [-0.3, -0.25) is 4.79 Å². The van der Waals surface area contributed by atoms with E-state index in [-0.39, 0.29) is 0 Å². The Balaban J connectivity index is 1.89. The molecule has 1 saturated carbocycles. The Bertz CT molecular complexity index is 416. The highest BCUT2D eigenvalue weighted by molar-refractivity contribution is 5.74. The van der Waals surface area contributed by atoms with Crippen LogP contribution in [-0.4, -0.2) is 17.7 Å². The van der Waals surface area contributed by atoms with Crippen molar-refractivity contribution in [1.82, 2.24) is 0 Å². The molecular formula is C16H22O3. The van der Waals surface area contributed by atoms with Crippen molar-refractivity contribution in [1.29, 1.82) is 0 Å². The molecule has 0 saturated heterocycles. The number of carbonyl (C=O) groups is 1. The summed E-state index contributed by atoms with van der Waals surface area (Å²) in [4.78, 5) is 11.5. The van der Waals surface area contributed by atoms with Crippen LogP contribution in [0.5, 0.6) is 5.75 Å². The van der Waals surface area contributed by atoms with Gasteiger partial charge in [0.25, 0.3) is 0 Å². The quantitative estimate of drug-likeness (QED) is 0.878. The molecule has 19 heavy (non-hydrogen) atoms. The van der Waals surface area contributed by atoms with Gasteiger partial charge in [-0.2, -0.15) is 0 Å². The molecule has 1 fully saturated rings. The van der Waals surface area contributed by atoms with Crippen LogP contribution in [0.15, 0.2) is 24.3 Å². The lowest BCUT2D eigenvalue weighted by atomic mass is 9.72. The van der Waals surface area contributed by atoms with E-state index in [1.54, 1.807) is 0 Å². The Morgan fingerprint density at radius 3 is 2.42 bits per heavy atom. The second-order valence-corrected chi connectivity index (χ2v) is 5.56. The van der Waals surface area contributed by atoms with Crippen molar-refractivity contribution in [3.05, 3.63) is 29.8 Å². The minimum atomic E-state index is -0.653. The van der Waals surface area contributed by atoms with Gasteiger partial charge in [0.05, 0.1) is 12.0 Å². The first-order valence-corrected chi connectivity index (χ1v) is 7.05. The van der Waals surface area contributed by atoms with Crippen LogP contribution in [0.2, 0.25) is 0 Å². The van der Waals surface area contributed by atoms with E-state index in [1.807, 2.05) is 31.2 Å². The van der Waals surface area contributed by atoms with Crippen LogP contribution in [0.4, 0.5) is 0 Å². The van der Waals surface area contributed by atoms with Crippen molar-refractivity contribution >= 4 is 5.97 Å². The maximum atomic E-state index is 11.5. The Labute approximate surface area is 114 Å². The Hall–Kier alpha value is -1.51. The highest BCUT2D eigenvalue weighted by atomic mass is 16.5. The van der Waals surface area contributed by atoms with Crippen molar-refractivity contribution in [3.8, 4) is 5.75 Å². The predicted molar refractivity (Wildman–Crippen MR) is 74.4 cm³/mol. The average Bonchev–Trinajstić information content (AvgIpc) is 2.42. The summed E-state index contributed by atoms with van der Waals surface area (Å²) < 4.78 is 5.68. The normalized spacial score (nSPS) is 17.9. The molecule has 0 aromatic heterocycles. The fraction of sp³-hybridized carbons (Fsp3) is 0.562. The summed E-state index contributed by atoms with van der Waals surface area (Å²) in [7, 11) is 0. The number of hydrogen-bond acceptors (Lipinski definition) is 2. The molecule has 0 spiro atoms. The van der Waals surface area contributed by atoms with Gasteiger partial charge in [-0.1, -0.05) is 37.0 Å². The van der Waals surface area contributed by atoms with E-state index in [2.05, 4.69) is 0 Å². The molecule has 2 rings (SSSR count).